The van der Waals surface area contributed by atoms with Crippen LogP contribution in [0.5, 0.6) is 0 Å². The van der Waals surface area contributed by atoms with Crippen LogP contribution in [0.3, 0.4) is 0 Å². The molecule has 0 saturated carbocycles. The lowest BCUT2D eigenvalue weighted by atomic mass is 10.2. The molecule has 148 valence electrons. The van der Waals surface area contributed by atoms with Gasteiger partial charge in [-0.15, -0.1) is 0 Å². The Morgan fingerprint density at radius 2 is 0.519 bits per heavy atom. The Kier molecular flexibility index (Phi) is 19.6. The van der Waals surface area contributed by atoms with Crippen molar-refractivity contribution in [3.8, 4) is 0 Å². The minimum Gasteiger partial charge on any atom is -0.311 e. The summed E-state index contributed by atoms with van der Waals surface area (Å²) in [7, 11) is 0. The van der Waals surface area contributed by atoms with Gasteiger partial charge in [0.2, 0.25) is 0 Å². The lowest BCUT2D eigenvalue weighted by molar-refractivity contribution is 1.28. The highest BCUT2D eigenvalue weighted by Crippen LogP contribution is 2.33. The van der Waals surface area contributed by atoms with Crippen molar-refractivity contribution in [2.45, 2.75) is 55.4 Å². The third-order valence-electron chi connectivity index (χ3n) is 3.04. The summed E-state index contributed by atoms with van der Waals surface area (Å²) in [6, 6.07) is 31.3. The van der Waals surface area contributed by atoms with Crippen molar-refractivity contribution < 1.29 is 0 Å². The molecule has 0 atom stereocenters. The number of para-hydroxylation sites is 3. The quantitative estimate of drug-likeness (QED) is 0.447. The third-order valence-corrected chi connectivity index (χ3v) is 3.04. The molecule has 0 bridgehead atoms. The molecule has 0 unspecified atom stereocenters. The highest BCUT2D eigenvalue weighted by Gasteiger charge is 2.10. The number of hydrogen-bond donors (Lipinski definition) is 0. The van der Waals surface area contributed by atoms with Crippen LogP contribution in [0.25, 0.3) is 0 Å². The first-order chi connectivity index (χ1) is 13.4. The maximum atomic E-state index is 2.25. The van der Waals surface area contributed by atoms with Crippen molar-refractivity contribution >= 4 is 17.1 Å². The van der Waals surface area contributed by atoms with Crippen LogP contribution in [0.2, 0.25) is 0 Å². The number of nitrogens with zero attached hydrogens (tertiary/aromatic N) is 1. The van der Waals surface area contributed by atoms with Gasteiger partial charge in [0.15, 0.2) is 0 Å². The van der Waals surface area contributed by atoms with Crippen molar-refractivity contribution in [2.75, 3.05) is 4.90 Å². The van der Waals surface area contributed by atoms with Crippen LogP contribution in [0.1, 0.15) is 55.4 Å². The molecule has 0 heterocycles. The van der Waals surface area contributed by atoms with Crippen LogP contribution in [0.15, 0.2) is 91.0 Å². The van der Waals surface area contributed by atoms with Crippen molar-refractivity contribution in [3.63, 3.8) is 0 Å². The molecule has 0 aliphatic rings. The molecule has 0 radical (unpaired) electrons. The number of hydrogen-bond acceptors (Lipinski definition) is 1. The average Bonchev–Trinajstić information content (AvgIpc) is 2.82. The zero-order valence-electron chi connectivity index (χ0n) is 18.6. The molecule has 3 aromatic rings. The number of anilines is 3. The maximum absolute atomic E-state index is 2.25. The smallest absolute Gasteiger partial charge is 0.0461 e. The molecule has 3 aromatic carbocycles. The van der Waals surface area contributed by atoms with E-state index >= 15 is 0 Å². The molecule has 1 nitrogen and oxygen atoms in total. The lowest BCUT2D eigenvalue weighted by Crippen LogP contribution is -2.09. The van der Waals surface area contributed by atoms with Gasteiger partial charge in [0, 0.05) is 17.1 Å². The highest BCUT2D eigenvalue weighted by atomic mass is 15.1. The molecule has 27 heavy (non-hydrogen) atoms. The summed E-state index contributed by atoms with van der Waals surface area (Å²) in [4.78, 5) is 2.25. The van der Waals surface area contributed by atoms with E-state index in [1.54, 1.807) is 0 Å². The largest absolute Gasteiger partial charge is 0.311 e. The molecule has 3 rings (SSSR count). The molecular formula is C26H39N. The molecular weight excluding hydrogens is 326 g/mol. The Hall–Kier alpha value is -2.54. The van der Waals surface area contributed by atoms with Gasteiger partial charge >= 0.3 is 0 Å². The second kappa shape index (κ2) is 19.8. The van der Waals surface area contributed by atoms with E-state index in [-0.39, 0.29) is 0 Å². The predicted molar refractivity (Wildman–Crippen MR) is 127 cm³/mol. The van der Waals surface area contributed by atoms with Crippen molar-refractivity contribution in [2.24, 2.45) is 0 Å². The zero-order chi connectivity index (χ0) is 20.9. The van der Waals surface area contributed by atoms with Crippen molar-refractivity contribution in [1.29, 1.82) is 0 Å². The minimum absolute atomic E-state index is 1.17. The molecule has 0 N–H and O–H groups in total. The summed E-state index contributed by atoms with van der Waals surface area (Å²) in [5.74, 6) is 0. The van der Waals surface area contributed by atoms with Gasteiger partial charge < -0.3 is 4.90 Å². The molecule has 0 fully saturated rings. The Bertz CT molecular complexity index is 524. The van der Waals surface area contributed by atoms with Crippen LogP contribution in [0, 0.1) is 0 Å². The zero-order valence-corrected chi connectivity index (χ0v) is 18.6. The summed E-state index contributed by atoms with van der Waals surface area (Å²) in [6.45, 7) is 16.0. The van der Waals surface area contributed by atoms with Gasteiger partial charge in [-0.25, -0.2) is 0 Å². The molecule has 1 heteroatoms. The molecule has 0 aliphatic carbocycles. The van der Waals surface area contributed by atoms with E-state index < -0.39 is 0 Å². The molecule has 0 spiro atoms. The van der Waals surface area contributed by atoms with E-state index in [4.69, 9.17) is 0 Å². The minimum atomic E-state index is 1.17. The summed E-state index contributed by atoms with van der Waals surface area (Å²) >= 11 is 0. The fourth-order valence-electron chi connectivity index (χ4n) is 2.18. The summed E-state index contributed by atoms with van der Waals surface area (Å²) in [6.07, 6.45) is 0. The first-order valence-electron chi connectivity index (χ1n) is 10.4. The highest BCUT2D eigenvalue weighted by molar-refractivity contribution is 5.76. The summed E-state index contributed by atoms with van der Waals surface area (Å²) < 4.78 is 0. The number of benzene rings is 3. The Balaban J connectivity index is 0. The first-order valence-corrected chi connectivity index (χ1v) is 10.4. The Morgan fingerprint density at radius 3 is 0.704 bits per heavy atom. The van der Waals surface area contributed by atoms with Gasteiger partial charge in [0.25, 0.3) is 0 Å². The van der Waals surface area contributed by atoms with Gasteiger partial charge in [0.05, 0.1) is 0 Å². The summed E-state index contributed by atoms with van der Waals surface area (Å²) in [5, 5.41) is 0. The van der Waals surface area contributed by atoms with Gasteiger partial charge in [0.1, 0.15) is 0 Å². The first kappa shape index (κ1) is 26.7. The fourth-order valence-corrected chi connectivity index (χ4v) is 2.18. The van der Waals surface area contributed by atoms with Crippen LogP contribution < -0.4 is 4.90 Å². The van der Waals surface area contributed by atoms with E-state index in [2.05, 4.69) is 77.7 Å². The van der Waals surface area contributed by atoms with Gasteiger partial charge in [-0.2, -0.15) is 0 Å². The van der Waals surface area contributed by atoms with E-state index in [1.807, 2.05) is 73.6 Å². The third kappa shape index (κ3) is 9.65. The topological polar surface area (TPSA) is 3.24 Å². The monoisotopic (exact) mass is 365 g/mol. The maximum Gasteiger partial charge on any atom is 0.0461 e. The summed E-state index contributed by atoms with van der Waals surface area (Å²) in [5.41, 5.74) is 3.50. The molecule has 0 saturated heterocycles. The molecule has 0 aromatic heterocycles. The van der Waals surface area contributed by atoms with Gasteiger partial charge in [-0.1, -0.05) is 110 Å². The van der Waals surface area contributed by atoms with Gasteiger partial charge in [-0.05, 0) is 36.4 Å². The second-order valence-electron chi connectivity index (χ2n) is 4.34. The van der Waals surface area contributed by atoms with E-state index in [9.17, 15) is 0 Å². The van der Waals surface area contributed by atoms with E-state index in [1.165, 1.54) is 17.1 Å². The Labute approximate surface area is 168 Å². The van der Waals surface area contributed by atoms with Gasteiger partial charge in [-0.3, -0.25) is 0 Å². The lowest BCUT2D eigenvalue weighted by Gasteiger charge is -2.25. The fraction of sp³-hybridized carbons (Fsp3) is 0.308. The van der Waals surface area contributed by atoms with Crippen molar-refractivity contribution in [1.82, 2.24) is 0 Å². The van der Waals surface area contributed by atoms with Crippen LogP contribution in [-0.2, 0) is 0 Å². The van der Waals surface area contributed by atoms with Crippen LogP contribution in [-0.4, -0.2) is 0 Å². The standard InChI is InChI=1S/C18H15N.4C2H6/c1-4-10-16(11-5-1)19(17-12-6-2-7-13-17)18-14-8-3-9-15-18;4*1-2/h1-15H;4*1-2H3. The second-order valence-corrected chi connectivity index (χ2v) is 4.34. The van der Waals surface area contributed by atoms with E-state index in [0.717, 1.165) is 0 Å². The van der Waals surface area contributed by atoms with Crippen LogP contribution >= 0.6 is 0 Å². The molecule has 0 amide bonds. The Morgan fingerprint density at radius 1 is 0.333 bits per heavy atom. The van der Waals surface area contributed by atoms with E-state index in [0.29, 0.717) is 0 Å². The predicted octanol–water partition coefficient (Wildman–Crippen LogP) is 9.26. The number of rotatable bonds is 3. The average molecular weight is 366 g/mol. The van der Waals surface area contributed by atoms with Crippen molar-refractivity contribution in [3.05, 3.63) is 91.0 Å². The molecule has 0 aliphatic heterocycles. The van der Waals surface area contributed by atoms with Crippen LogP contribution in [0.4, 0.5) is 17.1 Å². The normalized spacial score (nSPS) is 8.00. The SMILES string of the molecule is CC.CC.CC.CC.c1ccc(N(c2ccccc2)c2ccccc2)cc1.